The monoisotopic (exact) mass is 280 g/mol. The molecule has 2 rings (SSSR count). The molecule has 2 fully saturated rings. The highest BCUT2D eigenvalue weighted by atomic mass is 16.5. The third kappa shape index (κ3) is 3.81. The molecule has 0 saturated heterocycles. The Bertz CT molecular complexity index is 348. The number of carbonyl (C=O) groups excluding carboxylic acids is 1. The molecule has 2 atom stereocenters. The summed E-state index contributed by atoms with van der Waals surface area (Å²) in [6.07, 6.45) is 11.3. The van der Waals surface area contributed by atoms with Gasteiger partial charge in [-0.1, -0.05) is 32.1 Å². The molecule has 2 aliphatic rings. The first kappa shape index (κ1) is 15.5. The molecule has 0 bridgehead atoms. The van der Waals surface area contributed by atoms with Crippen molar-refractivity contribution in [3.8, 4) is 0 Å². The van der Waals surface area contributed by atoms with E-state index in [0.717, 1.165) is 12.8 Å². The number of hydrogen-bond acceptors (Lipinski definition) is 3. The average molecular weight is 280 g/mol. The number of rotatable bonds is 4. The van der Waals surface area contributed by atoms with E-state index in [1.807, 2.05) is 0 Å². The van der Waals surface area contributed by atoms with Gasteiger partial charge in [-0.25, -0.2) is 0 Å². The lowest BCUT2D eigenvalue weighted by atomic mass is 9.82. The Morgan fingerprint density at radius 3 is 2.35 bits per heavy atom. The zero-order chi connectivity index (χ0) is 14.4. The lowest BCUT2D eigenvalue weighted by Gasteiger charge is -2.35. The first-order valence-corrected chi connectivity index (χ1v) is 8.10. The number of ether oxygens (including phenoxy) is 1. The quantitative estimate of drug-likeness (QED) is 0.805. The van der Waals surface area contributed by atoms with Crippen LogP contribution in [0.4, 0.5) is 0 Å². The molecule has 4 heteroatoms. The van der Waals surface area contributed by atoms with Gasteiger partial charge in [0.05, 0.1) is 12.2 Å². The van der Waals surface area contributed by atoms with Crippen LogP contribution in [-0.4, -0.2) is 37.9 Å². The molecule has 2 saturated carbocycles. The molecule has 0 spiro atoms. The maximum absolute atomic E-state index is 12.0. The Balaban J connectivity index is 2.02. The van der Waals surface area contributed by atoms with Gasteiger partial charge >= 0.3 is 0 Å². The van der Waals surface area contributed by atoms with Crippen LogP contribution in [0.5, 0.6) is 0 Å². The molecule has 20 heavy (non-hydrogen) atoms. The summed E-state index contributed by atoms with van der Waals surface area (Å²) in [4.78, 5) is 16.2. The molecule has 114 valence electrons. The normalized spacial score (nSPS) is 29.2. The molecule has 1 amide bonds. The third-order valence-electron chi connectivity index (χ3n) is 4.67. The molecule has 1 N–H and O–H groups in total. The van der Waals surface area contributed by atoms with E-state index in [-0.39, 0.29) is 17.9 Å². The van der Waals surface area contributed by atoms with Crippen LogP contribution in [0, 0.1) is 5.92 Å². The van der Waals surface area contributed by atoms with Crippen molar-refractivity contribution in [3.05, 3.63) is 0 Å². The highest BCUT2D eigenvalue weighted by Crippen LogP contribution is 2.32. The van der Waals surface area contributed by atoms with Gasteiger partial charge in [-0.3, -0.25) is 9.79 Å². The fourth-order valence-electron chi connectivity index (χ4n) is 3.58. The van der Waals surface area contributed by atoms with Crippen LogP contribution in [0.3, 0.4) is 0 Å². The Hall–Kier alpha value is -0.900. The van der Waals surface area contributed by atoms with E-state index < -0.39 is 0 Å². The second-order valence-electron chi connectivity index (χ2n) is 6.01. The number of aliphatic imine (C=N–C) groups is 1. The Kier molecular flexibility index (Phi) is 6.02. The maximum atomic E-state index is 12.0. The molecule has 0 aromatic heterocycles. The van der Waals surface area contributed by atoms with Crippen LogP contribution < -0.4 is 5.32 Å². The van der Waals surface area contributed by atoms with Crippen molar-refractivity contribution in [1.82, 2.24) is 5.32 Å². The third-order valence-corrected chi connectivity index (χ3v) is 4.67. The van der Waals surface area contributed by atoms with Gasteiger partial charge < -0.3 is 10.1 Å². The smallest absolute Gasteiger partial charge is 0.265 e. The van der Waals surface area contributed by atoms with Crippen LogP contribution in [0.25, 0.3) is 0 Å². The van der Waals surface area contributed by atoms with Crippen LogP contribution in [0.15, 0.2) is 4.99 Å². The zero-order valence-electron chi connectivity index (χ0n) is 12.9. The Morgan fingerprint density at radius 2 is 1.70 bits per heavy atom. The van der Waals surface area contributed by atoms with Crippen molar-refractivity contribution < 1.29 is 9.53 Å². The summed E-state index contributed by atoms with van der Waals surface area (Å²) >= 11 is 0. The van der Waals surface area contributed by atoms with Crippen LogP contribution >= 0.6 is 0 Å². The minimum absolute atomic E-state index is 0.0448. The van der Waals surface area contributed by atoms with Crippen molar-refractivity contribution in [2.24, 2.45) is 10.9 Å². The van der Waals surface area contributed by atoms with E-state index in [1.54, 1.807) is 14.1 Å². The second-order valence-corrected chi connectivity index (χ2v) is 6.01. The number of carbonyl (C=O) groups is 1. The van der Waals surface area contributed by atoms with Crippen molar-refractivity contribution in [2.75, 3.05) is 14.1 Å². The van der Waals surface area contributed by atoms with Gasteiger partial charge in [0.1, 0.15) is 5.71 Å². The van der Waals surface area contributed by atoms with E-state index in [0.29, 0.717) is 11.8 Å². The summed E-state index contributed by atoms with van der Waals surface area (Å²) in [6.45, 7) is 0. The Labute approximate surface area is 122 Å². The van der Waals surface area contributed by atoms with E-state index >= 15 is 0 Å². The van der Waals surface area contributed by atoms with Crippen LogP contribution in [0.1, 0.15) is 57.8 Å². The minimum Gasteiger partial charge on any atom is -0.374 e. The van der Waals surface area contributed by atoms with Gasteiger partial charge in [-0.15, -0.1) is 0 Å². The molecule has 0 aromatic rings. The first-order valence-electron chi connectivity index (χ1n) is 8.10. The molecule has 0 radical (unpaired) electrons. The van der Waals surface area contributed by atoms with Gasteiger partial charge in [0, 0.05) is 20.0 Å². The minimum atomic E-state index is -0.0448. The summed E-state index contributed by atoms with van der Waals surface area (Å²) in [6, 6.07) is 0. The lowest BCUT2D eigenvalue weighted by Crippen LogP contribution is -2.43. The molecule has 2 unspecified atom stereocenters. The SMILES string of the molecule is C/N=C(/C(=O)NC)C1CCCCC1OC1CCCCC1. The second kappa shape index (κ2) is 7.77. The molecular formula is C16H28N2O2. The van der Waals surface area contributed by atoms with E-state index in [4.69, 9.17) is 4.74 Å². The van der Waals surface area contributed by atoms with Crippen molar-refractivity contribution in [1.29, 1.82) is 0 Å². The summed E-state index contributed by atoms with van der Waals surface area (Å²) < 4.78 is 6.36. The molecule has 2 aliphatic carbocycles. The molecular weight excluding hydrogens is 252 g/mol. The molecule has 0 aromatic carbocycles. The summed E-state index contributed by atoms with van der Waals surface area (Å²) in [5.74, 6) is 0.132. The molecule has 0 heterocycles. The van der Waals surface area contributed by atoms with Gasteiger partial charge in [-0.05, 0) is 25.7 Å². The van der Waals surface area contributed by atoms with Crippen molar-refractivity contribution in [2.45, 2.75) is 70.0 Å². The Morgan fingerprint density at radius 1 is 1.05 bits per heavy atom. The summed E-state index contributed by atoms with van der Waals surface area (Å²) in [5, 5.41) is 2.71. The van der Waals surface area contributed by atoms with Gasteiger partial charge in [-0.2, -0.15) is 0 Å². The topological polar surface area (TPSA) is 50.7 Å². The number of hydrogen-bond donors (Lipinski definition) is 1. The van der Waals surface area contributed by atoms with Crippen LogP contribution in [0.2, 0.25) is 0 Å². The fourth-order valence-corrected chi connectivity index (χ4v) is 3.58. The zero-order valence-corrected chi connectivity index (χ0v) is 12.9. The highest BCUT2D eigenvalue weighted by molar-refractivity contribution is 6.39. The van der Waals surface area contributed by atoms with Gasteiger partial charge in [0.15, 0.2) is 0 Å². The predicted molar refractivity (Wildman–Crippen MR) is 81.1 cm³/mol. The predicted octanol–water partition coefficient (Wildman–Crippen LogP) is 2.71. The van der Waals surface area contributed by atoms with E-state index in [2.05, 4.69) is 10.3 Å². The summed E-state index contributed by atoms with van der Waals surface area (Å²) in [5.41, 5.74) is 0.674. The van der Waals surface area contributed by atoms with Crippen molar-refractivity contribution >= 4 is 11.6 Å². The fraction of sp³-hybridized carbons (Fsp3) is 0.875. The largest absolute Gasteiger partial charge is 0.374 e. The molecule has 4 nitrogen and oxygen atoms in total. The highest BCUT2D eigenvalue weighted by Gasteiger charge is 2.34. The van der Waals surface area contributed by atoms with Gasteiger partial charge in [0.25, 0.3) is 5.91 Å². The lowest BCUT2D eigenvalue weighted by molar-refractivity contribution is -0.115. The number of amides is 1. The van der Waals surface area contributed by atoms with E-state index in [1.165, 1.54) is 44.9 Å². The van der Waals surface area contributed by atoms with Crippen molar-refractivity contribution in [3.63, 3.8) is 0 Å². The maximum Gasteiger partial charge on any atom is 0.265 e. The summed E-state index contributed by atoms with van der Waals surface area (Å²) in [7, 11) is 3.39. The van der Waals surface area contributed by atoms with Gasteiger partial charge in [0.2, 0.25) is 0 Å². The van der Waals surface area contributed by atoms with E-state index in [9.17, 15) is 4.79 Å². The van der Waals surface area contributed by atoms with Crippen LogP contribution in [-0.2, 0) is 9.53 Å². The average Bonchev–Trinajstić information content (AvgIpc) is 2.50. The standard InChI is InChI=1S/C16H28N2O2/c1-17-15(16(19)18-2)13-10-6-7-11-14(13)20-12-8-4-3-5-9-12/h12-14H,3-11H2,1-2H3,(H,18,19)/b17-15+. The first-order chi connectivity index (χ1) is 9.76. The molecule has 0 aliphatic heterocycles. The number of nitrogens with zero attached hydrogens (tertiary/aromatic N) is 1. The number of nitrogens with one attached hydrogen (secondary N) is 1.